The van der Waals surface area contributed by atoms with Crippen LogP contribution in [0.3, 0.4) is 0 Å². The van der Waals surface area contributed by atoms with Crippen LogP contribution in [-0.4, -0.2) is 23.3 Å². The van der Waals surface area contributed by atoms with Crippen LogP contribution >= 0.6 is 11.3 Å². The van der Waals surface area contributed by atoms with Crippen LogP contribution in [0.25, 0.3) is 11.0 Å². The van der Waals surface area contributed by atoms with Crippen molar-refractivity contribution in [2.24, 2.45) is 0 Å². The smallest absolute Gasteiger partial charge is 0.297 e. The van der Waals surface area contributed by atoms with Crippen molar-refractivity contribution in [2.45, 2.75) is 19.9 Å². The lowest BCUT2D eigenvalue weighted by atomic mass is 9.98. The van der Waals surface area contributed by atoms with Gasteiger partial charge in [0.15, 0.2) is 16.3 Å². The van der Waals surface area contributed by atoms with Crippen molar-refractivity contribution >= 4 is 39.1 Å². The van der Waals surface area contributed by atoms with E-state index in [2.05, 4.69) is 11.6 Å². The summed E-state index contributed by atoms with van der Waals surface area (Å²) in [6.45, 7) is 7.06. The molecule has 0 saturated carbocycles. The van der Waals surface area contributed by atoms with Crippen LogP contribution in [0, 0.1) is 12.7 Å². The SMILES string of the molecule is C=CCOc1ccc([C@@H]2c3c(oc4ccc(F)cc4c3=O)C(=O)N2c2nc(C)c(C(C)=O)s2)cc1. The van der Waals surface area contributed by atoms with Crippen LogP contribution in [-0.2, 0) is 0 Å². The molecule has 7 nitrogen and oxygen atoms in total. The minimum Gasteiger partial charge on any atom is -0.490 e. The number of fused-ring (bicyclic) bond motifs is 2. The zero-order valence-corrected chi connectivity index (χ0v) is 19.6. The number of thiazole rings is 1. The van der Waals surface area contributed by atoms with Gasteiger partial charge in [-0.15, -0.1) is 0 Å². The fourth-order valence-electron chi connectivity index (χ4n) is 4.17. The fourth-order valence-corrected chi connectivity index (χ4v) is 5.16. The van der Waals surface area contributed by atoms with Gasteiger partial charge in [-0.05, 0) is 42.8 Å². The van der Waals surface area contributed by atoms with E-state index in [0.29, 0.717) is 28.5 Å². The number of nitrogens with zero attached hydrogens (tertiary/aromatic N) is 2. The summed E-state index contributed by atoms with van der Waals surface area (Å²) in [6, 6.07) is 9.60. The molecule has 0 N–H and O–H groups in total. The number of rotatable bonds is 6. The van der Waals surface area contributed by atoms with E-state index in [1.54, 1.807) is 37.3 Å². The number of ether oxygens (including phenoxy) is 1. The summed E-state index contributed by atoms with van der Waals surface area (Å²) in [7, 11) is 0. The maximum absolute atomic E-state index is 14.0. The molecule has 1 aliphatic rings. The average molecular weight is 491 g/mol. The first-order chi connectivity index (χ1) is 16.8. The van der Waals surface area contributed by atoms with Crippen LogP contribution in [0.4, 0.5) is 9.52 Å². The average Bonchev–Trinajstić information content (AvgIpc) is 3.36. The fraction of sp³-hybridized carbons (Fsp3) is 0.154. The van der Waals surface area contributed by atoms with Crippen molar-refractivity contribution in [1.82, 2.24) is 4.98 Å². The Kier molecular flexibility index (Phi) is 5.56. The number of Topliss-reactive ketones (excluding diaryl/α,β-unsaturated/α-hetero) is 1. The number of anilines is 1. The van der Waals surface area contributed by atoms with Gasteiger partial charge in [0.25, 0.3) is 5.91 Å². The molecule has 1 atom stereocenters. The summed E-state index contributed by atoms with van der Waals surface area (Å²) in [5.74, 6) is -0.882. The van der Waals surface area contributed by atoms with Crippen LogP contribution in [0.15, 0.2) is 64.3 Å². The second-order valence-electron chi connectivity index (χ2n) is 8.03. The van der Waals surface area contributed by atoms with Crippen molar-refractivity contribution in [3.8, 4) is 5.75 Å². The van der Waals surface area contributed by atoms with Crippen molar-refractivity contribution in [3.63, 3.8) is 0 Å². The molecule has 35 heavy (non-hydrogen) atoms. The van der Waals surface area contributed by atoms with Crippen molar-refractivity contribution in [3.05, 3.63) is 98.6 Å². The zero-order chi connectivity index (χ0) is 24.9. The lowest BCUT2D eigenvalue weighted by Gasteiger charge is -2.22. The van der Waals surface area contributed by atoms with Crippen molar-refractivity contribution < 1.29 is 23.1 Å². The van der Waals surface area contributed by atoms with E-state index >= 15 is 0 Å². The third-order valence-electron chi connectivity index (χ3n) is 5.71. The summed E-state index contributed by atoms with van der Waals surface area (Å²) in [5, 5.41) is 0.296. The van der Waals surface area contributed by atoms with Gasteiger partial charge in [0, 0.05) is 6.92 Å². The summed E-state index contributed by atoms with van der Waals surface area (Å²) in [5.41, 5.74) is 0.777. The lowest BCUT2D eigenvalue weighted by Crippen LogP contribution is -2.29. The second-order valence-corrected chi connectivity index (χ2v) is 9.01. The Morgan fingerprint density at radius 3 is 2.66 bits per heavy atom. The van der Waals surface area contributed by atoms with Gasteiger partial charge in [0.05, 0.1) is 27.6 Å². The number of carbonyl (C=O) groups is 2. The number of aryl methyl sites for hydroxylation is 1. The molecule has 2 aromatic carbocycles. The van der Waals surface area contributed by atoms with Gasteiger partial charge in [-0.2, -0.15) is 0 Å². The predicted octanol–water partition coefficient (Wildman–Crippen LogP) is 5.21. The predicted molar refractivity (Wildman–Crippen MR) is 130 cm³/mol. The first-order valence-electron chi connectivity index (χ1n) is 10.7. The quantitative estimate of drug-likeness (QED) is 0.272. The van der Waals surface area contributed by atoms with Crippen LogP contribution < -0.4 is 15.1 Å². The molecule has 0 spiro atoms. The van der Waals surface area contributed by atoms with Gasteiger partial charge in [-0.3, -0.25) is 19.3 Å². The van der Waals surface area contributed by atoms with Gasteiger partial charge < -0.3 is 9.15 Å². The Bertz CT molecular complexity index is 1570. The van der Waals surface area contributed by atoms with Crippen molar-refractivity contribution in [2.75, 3.05) is 11.5 Å². The second kappa shape index (κ2) is 8.59. The maximum atomic E-state index is 14.0. The molecule has 0 aliphatic carbocycles. The van der Waals surface area contributed by atoms with Crippen LogP contribution in [0.1, 0.15) is 50.0 Å². The molecule has 5 rings (SSSR count). The highest BCUT2D eigenvalue weighted by Crippen LogP contribution is 2.43. The number of aromatic nitrogens is 1. The molecule has 2 aromatic heterocycles. The standard InChI is InChI=1S/C26H19FN2O5S/c1-4-11-33-17-8-5-15(6-9-17)21-20-22(31)18-12-16(27)7-10-19(18)34-23(20)25(32)29(21)26-28-13(2)24(35-26)14(3)30/h4-10,12,21H,1,11H2,2-3H3/t21-/m1/s1. The van der Waals surface area contributed by atoms with E-state index in [1.807, 2.05) is 0 Å². The number of halogens is 1. The number of carbonyl (C=O) groups excluding carboxylic acids is 2. The zero-order valence-electron chi connectivity index (χ0n) is 18.8. The molecule has 0 radical (unpaired) electrons. The minimum absolute atomic E-state index is 0.0362. The minimum atomic E-state index is -0.889. The van der Waals surface area contributed by atoms with Gasteiger partial charge in [0.2, 0.25) is 5.76 Å². The number of ketones is 1. The number of benzene rings is 2. The van der Waals surface area contributed by atoms with Gasteiger partial charge in [-0.1, -0.05) is 36.1 Å². The maximum Gasteiger partial charge on any atom is 0.297 e. The molecule has 4 aromatic rings. The molecule has 0 unspecified atom stereocenters. The Balaban J connectivity index is 1.73. The number of hydrogen-bond donors (Lipinski definition) is 0. The Morgan fingerprint density at radius 1 is 1.26 bits per heavy atom. The third kappa shape index (κ3) is 3.74. The Hall–Kier alpha value is -4.11. The van der Waals surface area contributed by atoms with Gasteiger partial charge >= 0.3 is 0 Å². The molecule has 0 fully saturated rings. The normalized spacial score (nSPS) is 14.9. The largest absolute Gasteiger partial charge is 0.490 e. The van der Waals surface area contributed by atoms with Gasteiger partial charge in [-0.25, -0.2) is 9.37 Å². The molecule has 1 aliphatic heterocycles. The Labute approximate surface area is 203 Å². The molecule has 0 saturated heterocycles. The van der Waals surface area contributed by atoms with E-state index < -0.39 is 23.2 Å². The molecule has 9 heteroatoms. The number of hydrogen-bond acceptors (Lipinski definition) is 7. The Morgan fingerprint density at radius 2 is 2.00 bits per heavy atom. The summed E-state index contributed by atoms with van der Waals surface area (Å²) in [6.07, 6.45) is 1.62. The highest BCUT2D eigenvalue weighted by atomic mass is 32.1. The van der Waals surface area contributed by atoms with Crippen LogP contribution in [0.2, 0.25) is 0 Å². The molecular formula is C26H19FN2O5S. The first kappa shape index (κ1) is 22.7. The van der Waals surface area contributed by atoms with Crippen molar-refractivity contribution in [1.29, 1.82) is 0 Å². The van der Waals surface area contributed by atoms with E-state index in [0.717, 1.165) is 23.5 Å². The highest BCUT2D eigenvalue weighted by Gasteiger charge is 2.45. The molecule has 0 bridgehead atoms. The molecular weight excluding hydrogens is 471 g/mol. The topological polar surface area (TPSA) is 89.7 Å². The lowest BCUT2D eigenvalue weighted by molar-refractivity contribution is 0.0969. The van der Waals surface area contributed by atoms with E-state index in [4.69, 9.17) is 9.15 Å². The van der Waals surface area contributed by atoms with E-state index in [9.17, 15) is 18.8 Å². The molecule has 1 amide bonds. The van der Waals surface area contributed by atoms with E-state index in [1.165, 1.54) is 17.9 Å². The first-order valence-corrected chi connectivity index (χ1v) is 11.5. The summed E-state index contributed by atoms with van der Waals surface area (Å²) >= 11 is 1.07. The summed E-state index contributed by atoms with van der Waals surface area (Å²) < 4.78 is 25.3. The monoisotopic (exact) mass is 490 g/mol. The van der Waals surface area contributed by atoms with E-state index in [-0.39, 0.29) is 33.2 Å². The molecule has 3 heterocycles. The highest BCUT2D eigenvalue weighted by molar-refractivity contribution is 7.17. The van der Waals surface area contributed by atoms with Gasteiger partial charge in [0.1, 0.15) is 23.8 Å². The summed E-state index contributed by atoms with van der Waals surface area (Å²) in [4.78, 5) is 45.5. The third-order valence-corrected chi connectivity index (χ3v) is 6.96. The molecule has 176 valence electrons. The van der Waals surface area contributed by atoms with Crippen LogP contribution in [0.5, 0.6) is 5.75 Å². The number of amides is 1.